The van der Waals surface area contributed by atoms with Gasteiger partial charge in [0.15, 0.2) is 0 Å². The van der Waals surface area contributed by atoms with Crippen molar-refractivity contribution in [3.63, 3.8) is 0 Å². The van der Waals surface area contributed by atoms with Crippen LogP contribution in [0.25, 0.3) is 0 Å². The zero-order chi connectivity index (χ0) is 12.6. The van der Waals surface area contributed by atoms with Crippen molar-refractivity contribution >= 4 is 18.3 Å². The molecule has 0 aromatic rings. The Morgan fingerprint density at radius 1 is 1.18 bits per heavy atom. The van der Waals surface area contributed by atoms with E-state index in [-0.39, 0.29) is 30.4 Å². The van der Waals surface area contributed by atoms with Gasteiger partial charge in [-0.2, -0.15) is 0 Å². The Hall–Kier alpha value is -0.280. The van der Waals surface area contributed by atoms with Gasteiger partial charge in [-0.3, -0.25) is 4.79 Å². The van der Waals surface area contributed by atoms with Crippen molar-refractivity contribution in [3.8, 4) is 0 Å². The number of amides is 1. The fraction of sp³-hybridized carbons (Fsp3) is 0.923. The van der Waals surface area contributed by atoms with E-state index in [0.29, 0.717) is 0 Å². The first-order chi connectivity index (χ1) is 7.47. The monoisotopic (exact) mass is 264 g/mol. The van der Waals surface area contributed by atoms with Crippen LogP contribution in [0.15, 0.2) is 0 Å². The maximum absolute atomic E-state index is 11.6. The fourth-order valence-electron chi connectivity index (χ4n) is 1.70. The molecule has 0 radical (unpaired) electrons. The third-order valence-electron chi connectivity index (χ3n) is 2.74. The summed E-state index contributed by atoms with van der Waals surface area (Å²) in [6, 6.07) is -0.0910. The molecular formula is C13H29ClN2O. The molecule has 2 unspecified atom stereocenters. The highest BCUT2D eigenvalue weighted by molar-refractivity contribution is 5.85. The lowest BCUT2D eigenvalue weighted by molar-refractivity contribution is -0.123. The van der Waals surface area contributed by atoms with E-state index in [2.05, 4.69) is 26.1 Å². The number of halogens is 1. The summed E-state index contributed by atoms with van der Waals surface area (Å²) in [6.45, 7) is 8.54. The highest BCUT2D eigenvalue weighted by atomic mass is 35.5. The minimum atomic E-state index is -0.336. The Kier molecular flexibility index (Phi) is 12.2. The second-order valence-corrected chi connectivity index (χ2v) is 5.13. The van der Waals surface area contributed by atoms with Crippen LogP contribution in [0.2, 0.25) is 0 Å². The minimum Gasteiger partial charge on any atom is -0.352 e. The summed E-state index contributed by atoms with van der Waals surface area (Å²) in [4.78, 5) is 11.6. The number of nitrogens with two attached hydrogens (primary N) is 1. The summed E-state index contributed by atoms with van der Waals surface area (Å²) in [5, 5.41) is 2.97. The molecule has 2 atom stereocenters. The first kappa shape index (κ1) is 19.1. The van der Waals surface area contributed by atoms with Gasteiger partial charge in [-0.15, -0.1) is 12.4 Å². The molecule has 0 aliphatic rings. The molecular weight excluding hydrogens is 236 g/mol. The maximum atomic E-state index is 11.6. The van der Waals surface area contributed by atoms with E-state index < -0.39 is 0 Å². The second kappa shape index (κ2) is 10.8. The van der Waals surface area contributed by atoms with Crippen molar-refractivity contribution in [2.75, 3.05) is 0 Å². The van der Waals surface area contributed by atoms with Crippen LogP contribution in [0.4, 0.5) is 0 Å². The number of carbonyl (C=O) groups is 1. The highest BCUT2D eigenvalue weighted by Gasteiger charge is 2.14. The first-order valence-electron chi connectivity index (χ1n) is 6.53. The molecule has 0 saturated heterocycles. The van der Waals surface area contributed by atoms with Gasteiger partial charge in [-0.05, 0) is 25.7 Å². The lowest BCUT2D eigenvalue weighted by Crippen LogP contribution is -2.44. The molecule has 0 fully saturated rings. The van der Waals surface area contributed by atoms with Crippen LogP contribution >= 0.6 is 12.4 Å². The third kappa shape index (κ3) is 10.6. The molecule has 0 bridgehead atoms. The Balaban J connectivity index is 0. The van der Waals surface area contributed by atoms with Crippen LogP contribution in [0.3, 0.4) is 0 Å². The van der Waals surface area contributed by atoms with Crippen molar-refractivity contribution in [1.29, 1.82) is 0 Å². The standard InChI is InChI=1S/C13H28N2O.ClH/c1-5-7-12(14)13(16)15-11(4)9-6-8-10(2)3;/h10-12H,5-9,14H2,1-4H3,(H,15,16);1H. The molecule has 0 heterocycles. The molecule has 4 heteroatoms. The maximum Gasteiger partial charge on any atom is 0.237 e. The average molecular weight is 265 g/mol. The van der Waals surface area contributed by atoms with E-state index in [4.69, 9.17) is 5.73 Å². The summed E-state index contributed by atoms with van der Waals surface area (Å²) >= 11 is 0. The van der Waals surface area contributed by atoms with Crippen LogP contribution in [-0.2, 0) is 4.79 Å². The summed E-state index contributed by atoms with van der Waals surface area (Å²) < 4.78 is 0. The minimum absolute atomic E-state index is 0. The lowest BCUT2D eigenvalue weighted by Gasteiger charge is -2.17. The topological polar surface area (TPSA) is 55.1 Å². The van der Waals surface area contributed by atoms with Crippen LogP contribution in [0.1, 0.15) is 59.8 Å². The Morgan fingerprint density at radius 2 is 1.76 bits per heavy atom. The molecule has 0 aromatic heterocycles. The average Bonchev–Trinajstić information content (AvgIpc) is 2.17. The number of hydrogen-bond donors (Lipinski definition) is 2. The van der Waals surface area contributed by atoms with Gasteiger partial charge in [0, 0.05) is 6.04 Å². The molecule has 0 rings (SSSR count). The van der Waals surface area contributed by atoms with Crippen LogP contribution in [0.5, 0.6) is 0 Å². The molecule has 0 aromatic carbocycles. The van der Waals surface area contributed by atoms with Gasteiger partial charge in [0.1, 0.15) is 0 Å². The predicted molar refractivity (Wildman–Crippen MR) is 76.4 cm³/mol. The Bertz CT molecular complexity index is 198. The van der Waals surface area contributed by atoms with Gasteiger partial charge in [0.05, 0.1) is 6.04 Å². The van der Waals surface area contributed by atoms with Gasteiger partial charge in [-0.25, -0.2) is 0 Å². The molecule has 0 saturated carbocycles. The van der Waals surface area contributed by atoms with Crippen molar-refractivity contribution in [2.24, 2.45) is 11.7 Å². The van der Waals surface area contributed by atoms with Crippen LogP contribution in [-0.4, -0.2) is 18.0 Å². The first-order valence-corrected chi connectivity index (χ1v) is 6.53. The van der Waals surface area contributed by atoms with E-state index >= 15 is 0 Å². The smallest absolute Gasteiger partial charge is 0.237 e. The van der Waals surface area contributed by atoms with Crippen molar-refractivity contribution in [2.45, 2.75) is 71.9 Å². The van der Waals surface area contributed by atoms with Gasteiger partial charge < -0.3 is 11.1 Å². The van der Waals surface area contributed by atoms with E-state index in [9.17, 15) is 4.79 Å². The highest BCUT2D eigenvalue weighted by Crippen LogP contribution is 2.08. The van der Waals surface area contributed by atoms with E-state index in [1.165, 1.54) is 12.8 Å². The predicted octanol–water partition coefficient (Wildman–Crippen LogP) is 2.87. The fourth-order valence-corrected chi connectivity index (χ4v) is 1.70. The molecule has 0 aliphatic heterocycles. The van der Waals surface area contributed by atoms with Gasteiger partial charge in [0.2, 0.25) is 5.91 Å². The number of nitrogens with one attached hydrogen (secondary N) is 1. The summed E-state index contributed by atoms with van der Waals surface area (Å²) in [5.74, 6) is 0.740. The van der Waals surface area contributed by atoms with E-state index in [1.807, 2.05) is 6.92 Å². The summed E-state index contributed by atoms with van der Waals surface area (Å²) in [7, 11) is 0. The number of hydrogen-bond acceptors (Lipinski definition) is 2. The molecule has 3 N–H and O–H groups in total. The SMILES string of the molecule is CCCC(N)C(=O)NC(C)CCCC(C)C.Cl. The molecule has 3 nitrogen and oxygen atoms in total. The molecule has 104 valence electrons. The molecule has 17 heavy (non-hydrogen) atoms. The number of rotatable bonds is 8. The normalized spacial score (nSPS) is 14.0. The zero-order valence-electron chi connectivity index (χ0n) is 11.7. The second-order valence-electron chi connectivity index (χ2n) is 5.13. The Morgan fingerprint density at radius 3 is 2.24 bits per heavy atom. The third-order valence-corrected chi connectivity index (χ3v) is 2.74. The van der Waals surface area contributed by atoms with Crippen molar-refractivity contribution in [1.82, 2.24) is 5.32 Å². The molecule has 0 aliphatic carbocycles. The molecule has 0 spiro atoms. The number of carbonyl (C=O) groups excluding carboxylic acids is 1. The zero-order valence-corrected chi connectivity index (χ0v) is 12.5. The van der Waals surface area contributed by atoms with Gasteiger partial charge in [-0.1, -0.05) is 40.0 Å². The van der Waals surface area contributed by atoms with Crippen molar-refractivity contribution < 1.29 is 4.79 Å². The summed E-state index contributed by atoms with van der Waals surface area (Å²) in [5.41, 5.74) is 5.74. The van der Waals surface area contributed by atoms with Gasteiger partial charge in [0.25, 0.3) is 0 Å². The quantitative estimate of drug-likeness (QED) is 0.708. The molecule has 1 amide bonds. The van der Waals surface area contributed by atoms with Crippen molar-refractivity contribution in [3.05, 3.63) is 0 Å². The van der Waals surface area contributed by atoms with Crippen LogP contribution in [0, 0.1) is 5.92 Å². The van der Waals surface area contributed by atoms with E-state index in [1.54, 1.807) is 0 Å². The summed E-state index contributed by atoms with van der Waals surface area (Å²) in [6.07, 6.45) is 5.16. The largest absolute Gasteiger partial charge is 0.352 e. The Labute approximate surface area is 112 Å². The van der Waals surface area contributed by atoms with Crippen LogP contribution < -0.4 is 11.1 Å². The lowest BCUT2D eigenvalue weighted by atomic mass is 10.0. The van der Waals surface area contributed by atoms with E-state index in [0.717, 1.165) is 25.2 Å². The van der Waals surface area contributed by atoms with Gasteiger partial charge >= 0.3 is 0 Å².